The molecule has 88 valence electrons. The summed E-state index contributed by atoms with van der Waals surface area (Å²) in [4.78, 5) is 12.4. The van der Waals surface area contributed by atoms with Crippen LogP contribution < -0.4 is 0 Å². The average molecular weight is 218 g/mol. The average Bonchev–Trinajstić information content (AvgIpc) is 2.16. The van der Waals surface area contributed by atoms with E-state index in [0.29, 0.717) is 0 Å². The lowest BCUT2D eigenvalue weighted by Gasteiger charge is -2.42. The Labute approximate surface area is 98.9 Å². The lowest BCUT2D eigenvalue weighted by molar-refractivity contribution is -0.130. The minimum atomic E-state index is -0.130. The highest BCUT2D eigenvalue weighted by Crippen LogP contribution is 2.46. The lowest BCUT2D eigenvalue weighted by atomic mass is 9.60. The molecule has 0 radical (unpaired) electrons. The molecule has 0 heterocycles. The molecule has 1 fully saturated rings. The largest absolute Gasteiger partial charge is 0.298 e. The van der Waals surface area contributed by atoms with Crippen LogP contribution in [0.3, 0.4) is 0 Å². The van der Waals surface area contributed by atoms with Crippen molar-refractivity contribution in [1.82, 2.24) is 0 Å². The molecule has 0 bridgehead atoms. The molecule has 1 saturated carbocycles. The van der Waals surface area contributed by atoms with E-state index in [4.69, 9.17) is 0 Å². The van der Waals surface area contributed by atoms with E-state index in [2.05, 4.69) is 26.7 Å². The number of carbonyl (C=O) groups is 1. The molecule has 3 atom stereocenters. The SMILES string of the molecule is C=CC1(C)CCC(C(=C)C)C(=O)C1C(=C)C. The van der Waals surface area contributed by atoms with E-state index in [0.717, 1.165) is 24.0 Å². The van der Waals surface area contributed by atoms with Crippen LogP contribution in [-0.2, 0) is 4.79 Å². The zero-order valence-corrected chi connectivity index (χ0v) is 10.7. The fourth-order valence-electron chi connectivity index (χ4n) is 2.78. The highest BCUT2D eigenvalue weighted by atomic mass is 16.1. The fourth-order valence-corrected chi connectivity index (χ4v) is 2.78. The Bertz CT molecular complexity index is 350. The molecule has 3 unspecified atom stereocenters. The summed E-state index contributed by atoms with van der Waals surface area (Å²) in [5.41, 5.74) is 1.79. The van der Waals surface area contributed by atoms with Crippen molar-refractivity contribution in [3.63, 3.8) is 0 Å². The number of carbonyl (C=O) groups excluding carboxylic acids is 1. The molecule has 1 nitrogen and oxygen atoms in total. The summed E-state index contributed by atoms with van der Waals surface area (Å²) in [5, 5.41) is 0. The van der Waals surface area contributed by atoms with Gasteiger partial charge in [-0.2, -0.15) is 0 Å². The number of hydrogen-bond donors (Lipinski definition) is 0. The molecule has 0 N–H and O–H groups in total. The summed E-state index contributed by atoms with van der Waals surface area (Å²) < 4.78 is 0. The molecular formula is C15H22O. The third kappa shape index (κ3) is 2.04. The van der Waals surface area contributed by atoms with Gasteiger partial charge in [0, 0.05) is 11.8 Å². The van der Waals surface area contributed by atoms with Crippen molar-refractivity contribution in [2.24, 2.45) is 17.3 Å². The van der Waals surface area contributed by atoms with Gasteiger partial charge in [-0.25, -0.2) is 0 Å². The molecule has 0 amide bonds. The van der Waals surface area contributed by atoms with Crippen LogP contribution in [0, 0.1) is 17.3 Å². The monoisotopic (exact) mass is 218 g/mol. The number of ketones is 1. The molecule has 1 heteroatoms. The standard InChI is InChI=1S/C15H22O/c1-7-15(6)9-8-12(10(2)3)14(16)13(15)11(4)5/h7,12-13H,1-2,4,8-9H2,3,5-6H3. The van der Waals surface area contributed by atoms with Crippen LogP contribution in [0.25, 0.3) is 0 Å². The van der Waals surface area contributed by atoms with Crippen LogP contribution in [0.2, 0.25) is 0 Å². The zero-order valence-electron chi connectivity index (χ0n) is 10.7. The molecule has 1 rings (SSSR count). The molecule has 0 aromatic rings. The first kappa shape index (κ1) is 13.0. The van der Waals surface area contributed by atoms with E-state index in [1.807, 2.05) is 19.9 Å². The maximum Gasteiger partial charge on any atom is 0.147 e. The van der Waals surface area contributed by atoms with Crippen molar-refractivity contribution in [3.05, 3.63) is 37.0 Å². The highest BCUT2D eigenvalue weighted by Gasteiger charge is 2.44. The topological polar surface area (TPSA) is 17.1 Å². The van der Waals surface area contributed by atoms with Crippen molar-refractivity contribution in [3.8, 4) is 0 Å². The Morgan fingerprint density at radius 3 is 2.31 bits per heavy atom. The van der Waals surface area contributed by atoms with E-state index >= 15 is 0 Å². The summed E-state index contributed by atoms with van der Waals surface area (Å²) in [5.74, 6) is 0.184. The normalized spacial score (nSPS) is 34.6. The van der Waals surface area contributed by atoms with Crippen LogP contribution in [0.4, 0.5) is 0 Å². The molecule has 0 aromatic heterocycles. The molecule has 1 aliphatic carbocycles. The third-order valence-corrected chi connectivity index (χ3v) is 3.81. The lowest BCUT2D eigenvalue weighted by Crippen LogP contribution is -2.41. The van der Waals surface area contributed by atoms with Gasteiger partial charge in [0.1, 0.15) is 5.78 Å². The van der Waals surface area contributed by atoms with Crippen LogP contribution in [-0.4, -0.2) is 5.78 Å². The Morgan fingerprint density at radius 1 is 1.38 bits per heavy atom. The molecule has 1 aliphatic rings. The quantitative estimate of drug-likeness (QED) is 0.656. The van der Waals surface area contributed by atoms with E-state index in [-0.39, 0.29) is 23.0 Å². The Balaban J connectivity index is 3.11. The van der Waals surface area contributed by atoms with Crippen LogP contribution in [0.1, 0.15) is 33.6 Å². The molecule has 0 saturated heterocycles. The van der Waals surface area contributed by atoms with Crippen molar-refractivity contribution in [2.75, 3.05) is 0 Å². The number of Topliss-reactive ketones (excluding diaryl/α,β-unsaturated/α-hetero) is 1. The molecule has 0 aromatic carbocycles. The van der Waals surface area contributed by atoms with Crippen molar-refractivity contribution < 1.29 is 4.79 Å². The van der Waals surface area contributed by atoms with Gasteiger partial charge in [0.05, 0.1) is 0 Å². The first-order valence-electron chi connectivity index (χ1n) is 5.81. The molecular weight excluding hydrogens is 196 g/mol. The predicted octanol–water partition coefficient (Wildman–Crippen LogP) is 3.93. The minimum absolute atomic E-state index is 0.00900. The number of allylic oxidation sites excluding steroid dienone is 3. The third-order valence-electron chi connectivity index (χ3n) is 3.81. The fraction of sp³-hybridized carbons (Fsp3) is 0.533. The van der Waals surface area contributed by atoms with Gasteiger partial charge in [-0.15, -0.1) is 6.58 Å². The first-order valence-corrected chi connectivity index (χ1v) is 5.81. The highest BCUT2D eigenvalue weighted by molar-refractivity contribution is 5.89. The van der Waals surface area contributed by atoms with Gasteiger partial charge in [-0.05, 0) is 32.1 Å². The molecule has 0 aliphatic heterocycles. The Morgan fingerprint density at radius 2 is 1.94 bits per heavy atom. The van der Waals surface area contributed by atoms with Crippen molar-refractivity contribution in [2.45, 2.75) is 33.6 Å². The van der Waals surface area contributed by atoms with Gasteiger partial charge < -0.3 is 0 Å². The second kappa shape index (κ2) is 4.40. The summed E-state index contributed by atoms with van der Waals surface area (Å²) >= 11 is 0. The number of rotatable bonds is 3. The zero-order chi connectivity index (χ0) is 12.5. The van der Waals surface area contributed by atoms with Crippen molar-refractivity contribution in [1.29, 1.82) is 0 Å². The number of hydrogen-bond acceptors (Lipinski definition) is 1. The Kier molecular flexibility index (Phi) is 3.57. The second-order valence-electron chi connectivity index (χ2n) is 5.33. The summed E-state index contributed by atoms with van der Waals surface area (Å²) in [6.45, 7) is 17.7. The maximum absolute atomic E-state index is 12.4. The summed E-state index contributed by atoms with van der Waals surface area (Å²) in [6, 6.07) is 0. The van der Waals surface area contributed by atoms with Crippen molar-refractivity contribution >= 4 is 5.78 Å². The maximum atomic E-state index is 12.4. The first-order chi connectivity index (χ1) is 7.33. The smallest absolute Gasteiger partial charge is 0.147 e. The summed E-state index contributed by atoms with van der Waals surface area (Å²) in [6.07, 6.45) is 3.79. The van der Waals surface area contributed by atoms with Crippen LogP contribution >= 0.6 is 0 Å². The van der Waals surface area contributed by atoms with E-state index in [9.17, 15) is 4.79 Å². The van der Waals surface area contributed by atoms with E-state index < -0.39 is 0 Å². The summed E-state index contributed by atoms with van der Waals surface area (Å²) in [7, 11) is 0. The van der Waals surface area contributed by atoms with Gasteiger partial charge in [0.15, 0.2) is 0 Å². The molecule has 16 heavy (non-hydrogen) atoms. The van der Waals surface area contributed by atoms with E-state index in [1.54, 1.807) is 0 Å². The second-order valence-corrected chi connectivity index (χ2v) is 5.33. The molecule has 0 spiro atoms. The van der Waals surface area contributed by atoms with E-state index in [1.165, 1.54) is 0 Å². The van der Waals surface area contributed by atoms with Gasteiger partial charge in [-0.3, -0.25) is 4.79 Å². The minimum Gasteiger partial charge on any atom is -0.298 e. The predicted molar refractivity (Wildman–Crippen MR) is 69.2 cm³/mol. The van der Waals surface area contributed by atoms with Gasteiger partial charge in [0.2, 0.25) is 0 Å². The van der Waals surface area contributed by atoms with Gasteiger partial charge in [0.25, 0.3) is 0 Å². The van der Waals surface area contributed by atoms with Crippen LogP contribution in [0.5, 0.6) is 0 Å². The van der Waals surface area contributed by atoms with Gasteiger partial charge in [-0.1, -0.05) is 37.3 Å². The Hall–Kier alpha value is -1.11. The van der Waals surface area contributed by atoms with Crippen LogP contribution in [0.15, 0.2) is 37.0 Å². The van der Waals surface area contributed by atoms with Gasteiger partial charge >= 0.3 is 0 Å².